The molecule has 1 heterocycles. The summed E-state index contributed by atoms with van der Waals surface area (Å²) >= 11 is 9.42. The van der Waals surface area contributed by atoms with Crippen molar-refractivity contribution in [2.24, 2.45) is 0 Å². The van der Waals surface area contributed by atoms with Crippen molar-refractivity contribution in [2.45, 2.75) is 13.0 Å². The van der Waals surface area contributed by atoms with Crippen molar-refractivity contribution in [3.63, 3.8) is 0 Å². The Bertz CT molecular complexity index is 928. The molecule has 0 bridgehead atoms. The Hall–Kier alpha value is -2.51. The van der Waals surface area contributed by atoms with Crippen LogP contribution in [0.1, 0.15) is 18.5 Å². The van der Waals surface area contributed by atoms with Gasteiger partial charge in [-0.25, -0.2) is 4.79 Å². The highest BCUT2D eigenvalue weighted by Crippen LogP contribution is 2.32. The van der Waals surface area contributed by atoms with E-state index in [1.54, 1.807) is 25.1 Å². The van der Waals surface area contributed by atoms with Gasteiger partial charge in [0.2, 0.25) is 0 Å². The largest absolute Gasteiger partial charge is 0.495 e. The van der Waals surface area contributed by atoms with Gasteiger partial charge < -0.3 is 20.7 Å². The third-order valence-corrected chi connectivity index (χ3v) is 4.89. The highest BCUT2D eigenvalue weighted by molar-refractivity contribution is 9.10. The Kier molecular flexibility index (Phi) is 5.72. The van der Waals surface area contributed by atoms with E-state index in [0.717, 1.165) is 10.0 Å². The lowest BCUT2D eigenvalue weighted by Gasteiger charge is -2.29. The van der Waals surface area contributed by atoms with Gasteiger partial charge in [-0.05, 0) is 42.8 Å². The van der Waals surface area contributed by atoms with Crippen molar-refractivity contribution < 1.29 is 14.3 Å². The normalized spacial score (nSPS) is 16.4. The molecule has 1 atom stereocenters. The number of carbonyl (C=O) groups is 2. The zero-order valence-electron chi connectivity index (χ0n) is 14.6. The van der Waals surface area contributed by atoms with Gasteiger partial charge in [0, 0.05) is 15.2 Å². The molecular formula is C19H17BrClN3O3. The number of nitrogens with one attached hydrogen (secondary N) is 3. The summed E-state index contributed by atoms with van der Waals surface area (Å²) in [4.78, 5) is 25.0. The minimum Gasteiger partial charge on any atom is -0.495 e. The number of rotatable bonds is 4. The minimum absolute atomic E-state index is 0.364. The molecule has 0 aromatic heterocycles. The average molecular weight is 451 g/mol. The summed E-state index contributed by atoms with van der Waals surface area (Å²) in [6.45, 7) is 1.69. The number of methoxy groups -OCH3 is 1. The van der Waals surface area contributed by atoms with Crippen LogP contribution in [0, 0.1) is 0 Å². The number of carbonyl (C=O) groups excluding carboxylic acids is 2. The van der Waals surface area contributed by atoms with Gasteiger partial charge in [0.25, 0.3) is 5.91 Å². The first-order valence-corrected chi connectivity index (χ1v) is 9.24. The topological polar surface area (TPSA) is 79.5 Å². The Labute approximate surface area is 170 Å². The third-order valence-electron chi connectivity index (χ3n) is 4.13. The number of halogens is 2. The summed E-state index contributed by atoms with van der Waals surface area (Å²) < 4.78 is 6.18. The summed E-state index contributed by atoms with van der Waals surface area (Å²) in [6, 6.07) is 11.4. The van der Waals surface area contributed by atoms with Gasteiger partial charge in [-0.15, -0.1) is 0 Å². The van der Waals surface area contributed by atoms with Gasteiger partial charge in [0.05, 0.1) is 24.4 Å². The van der Waals surface area contributed by atoms with Gasteiger partial charge in [-0.2, -0.15) is 0 Å². The second kappa shape index (κ2) is 8.02. The predicted octanol–water partition coefficient (Wildman–Crippen LogP) is 4.38. The number of amides is 3. The lowest BCUT2D eigenvalue weighted by molar-refractivity contribution is -0.113. The SMILES string of the molecule is COc1ccc(Cl)cc1NC(=O)C1=C(C)NC(=O)N[C@H]1c1ccc(Br)cc1. The molecule has 3 N–H and O–H groups in total. The minimum atomic E-state index is -0.586. The monoisotopic (exact) mass is 449 g/mol. The molecule has 0 fully saturated rings. The van der Waals surface area contributed by atoms with Crippen molar-refractivity contribution >= 4 is 45.2 Å². The van der Waals surface area contributed by atoms with Gasteiger partial charge in [-0.3, -0.25) is 4.79 Å². The molecule has 0 aliphatic carbocycles. The van der Waals surface area contributed by atoms with Crippen LogP contribution >= 0.6 is 27.5 Å². The van der Waals surface area contributed by atoms with Crippen LogP contribution in [0.2, 0.25) is 5.02 Å². The molecule has 27 heavy (non-hydrogen) atoms. The van der Waals surface area contributed by atoms with Crippen LogP contribution in [0.15, 0.2) is 58.2 Å². The molecule has 0 unspecified atom stereocenters. The fraction of sp³-hybridized carbons (Fsp3) is 0.158. The smallest absolute Gasteiger partial charge is 0.319 e. The molecule has 1 aliphatic rings. The zero-order valence-corrected chi connectivity index (χ0v) is 16.9. The van der Waals surface area contributed by atoms with Crippen molar-refractivity contribution in [2.75, 3.05) is 12.4 Å². The lowest BCUT2D eigenvalue weighted by Crippen LogP contribution is -2.45. The van der Waals surface area contributed by atoms with Crippen LogP contribution in [0.4, 0.5) is 10.5 Å². The summed E-state index contributed by atoms with van der Waals surface area (Å²) in [5, 5.41) is 8.74. The summed E-state index contributed by atoms with van der Waals surface area (Å²) in [5.41, 5.74) is 2.11. The Morgan fingerprint density at radius 2 is 1.93 bits per heavy atom. The molecule has 6 nitrogen and oxygen atoms in total. The highest BCUT2D eigenvalue weighted by Gasteiger charge is 2.31. The fourth-order valence-electron chi connectivity index (χ4n) is 2.87. The summed E-state index contributed by atoms with van der Waals surface area (Å²) in [6.07, 6.45) is 0. The van der Waals surface area contributed by atoms with Crippen LogP contribution < -0.4 is 20.7 Å². The number of hydrogen-bond donors (Lipinski definition) is 3. The third kappa shape index (κ3) is 4.26. The van der Waals surface area contributed by atoms with E-state index in [1.807, 2.05) is 24.3 Å². The quantitative estimate of drug-likeness (QED) is 0.647. The molecule has 8 heteroatoms. The first-order chi connectivity index (χ1) is 12.9. The first-order valence-electron chi connectivity index (χ1n) is 8.07. The van der Waals surface area contributed by atoms with E-state index in [-0.39, 0.29) is 11.9 Å². The van der Waals surface area contributed by atoms with Gasteiger partial charge in [0.15, 0.2) is 0 Å². The molecule has 0 saturated heterocycles. The van der Waals surface area contributed by atoms with Crippen LogP contribution in [0.3, 0.4) is 0 Å². The summed E-state index contributed by atoms with van der Waals surface area (Å²) in [5.74, 6) is 0.118. The van der Waals surface area contributed by atoms with Gasteiger partial charge in [0.1, 0.15) is 5.75 Å². The first kappa shape index (κ1) is 19.3. The van der Waals surface area contributed by atoms with E-state index in [9.17, 15) is 9.59 Å². The van der Waals surface area contributed by atoms with Crippen LogP contribution in [0.25, 0.3) is 0 Å². The maximum Gasteiger partial charge on any atom is 0.319 e. The van der Waals surface area contributed by atoms with Crippen LogP contribution in [0.5, 0.6) is 5.75 Å². The molecular weight excluding hydrogens is 434 g/mol. The number of benzene rings is 2. The number of ether oxygens (including phenoxy) is 1. The van der Waals surface area contributed by atoms with E-state index in [4.69, 9.17) is 16.3 Å². The van der Waals surface area contributed by atoms with E-state index >= 15 is 0 Å². The molecule has 140 valence electrons. The van der Waals surface area contributed by atoms with Crippen LogP contribution in [-0.4, -0.2) is 19.0 Å². The standard InChI is InChI=1S/C19H17BrClN3O3/c1-10-16(18(25)23-14-9-13(21)7-8-15(14)27-2)17(24-19(26)22-10)11-3-5-12(20)6-4-11/h3-9,17H,1-2H3,(H,23,25)(H2,22,24,26)/t17-/m0/s1. The van der Waals surface area contributed by atoms with Crippen LogP contribution in [-0.2, 0) is 4.79 Å². The number of hydrogen-bond acceptors (Lipinski definition) is 3. The Morgan fingerprint density at radius 3 is 2.59 bits per heavy atom. The van der Waals surface area contributed by atoms with Crippen molar-refractivity contribution in [1.82, 2.24) is 10.6 Å². The molecule has 3 rings (SSSR count). The highest BCUT2D eigenvalue weighted by atomic mass is 79.9. The van der Waals surface area contributed by atoms with E-state index < -0.39 is 6.04 Å². The molecule has 2 aromatic carbocycles. The molecule has 0 saturated carbocycles. The fourth-order valence-corrected chi connectivity index (χ4v) is 3.30. The number of anilines is 1. The Balaban J connectivity index is 1.97. The number of urea groups is 1. The second-order valence-corrected chi connectivity index (χ2v) is 7.27. The maximum absolute atomic E-state index is 13.0. The lowest BCUT2D eigenvalue weighted by atomic mass is 9.95. The average Bonchev–Trinajstić information content (AvgIpc) is 2.61. The molecule has 0 spiro atoms. The molecule has 0 radical (unpaired) electrons. The second-order valence-electron chi connectivity index (χ2n) is 5.92. The van der Waals surface area contributed by atoms with Crippen molar-refractivity contribution in [3.8, 4) is 5.75 Å². The summed E-state index contributed by atoms with van der Waals surface area (Å²) in [7, 11) is 1.51. The number of allylic oxidation sites excluding steroid dienone is 1. The van der Waals surface area contributed by atoms with Crippen molar-refractivity contribution in [1.29, 1.82) is 0 Å². The van der Waals surface area contributed by atoms with E-state index in [0.29, 0.717) is 27.7 Å². The van der Waals surface area contributed by atoms with Gasteiger partial charge >= 0.3 is 6.03 Å². The molecule has 3 amide bonds. The Morgan fingerprint density at radius 1 is 1.22 bits per heavy atom. The molecule has 1 aliphatic heterocycles. The van der Waals surface area contributed by atoms with Gasteiger partial charge in [-0.1, -0.05) is 39.7 Å². The predicted molar refractivity (Wildman–Crippen MR) is 108 cm³/mol. The zero-order chi connectivity index (χ0) is 19.6. The van der Waals surface area contributed by atoms with E-state index in [1.165, 1.54) is 7.11 Å². The molecule has 2 aromatic rings. The van der Waals surface area contributed by atoms with E-state index in [2.05, 4.69) is 31.9 Å². The van der Waals surface area contributed by atoms with Crippen molar-refractivity contribution in [3.05, 3.63) is 68.8 Å². The maximum atomic E-state index is 13.0.